The van der Waals surface area contributed by atoms with Crippen molar-refractivity contribution in [3.8, 4) is 17.2 Å². The Morgan fingerprint density at radius 3 is 2.27 bits per heavy atom. The first kappa shape index (κ1) is 34.8. The van der Waals surface area contributed by atoms with Gasteiger partial charge >= 0.3 is 0 Å². The Morgan fingerprint density at radius 2 is 1.60 bits per heavy atom. The summed E-state index contributed by atoms with van der Waals surface area (Å²) >= 11 is 1.45. The van der Waals surface area contributed by atoms with Crippen LogP contribution in [0.15, 0.2) is 97.1 Å². The highest BCUT2D eigenvalue weighted by Gasteiger charge is 2.42. The minimum Gasteiger partial charge on any atom is -0.493 e. The summed E-state index contributed by atoms with van der Waals surface area (Å²) in [5.41, 5.74) is 9.19. The van der Waals surface area contributed by atoms with E-state index >= 15 is 0 Å². The number of amides is 2. The van der Waals surface area contributed by atoms with Gasteiger partial charge in [-0.2, -0.15) is 0 Å². The van der Waals surface area contributed by atoms with Gasteiger partial charge in [0.1, 0.15) is 17.7 Å². The van der Waals surface area contributed by atoms with Gasteiger partial charge in [-0.25, -0.2) is 12.7 Å². The molecule has 4 aromatic carbocycles. The van der Waals surface area contributed by atoms with Crippen molar-refractivity contribution in [2.45, 2.75) is 30.1 Å². The highest BCUT2D eigenvalue weighted by atomic mass is 32.2. The summed E-state index contributed by atoms with van der Waals surface area (Å²) in [6, 6.07) is 29.6. The second kappa shape index (κ2) is 15.6. The molecule has 4 aromatic rings. The summed E-state index contributed by atoms with van der Waals surface area (Å²) < 4.78 is 43.7. The Hall–Kier alpha value is -4.52. The second-order valence-corrected chi connectivity index (χ2v) is 14.6. The standard InChI is InChI=1S/C36H39N3O7S2/c1-44-31-17-12-25(22-32(31)45-2)18-20-38(48(3,42)43)21-19-33-35(41)39(29-11-7-10-28(23-29)34(37)40)36(47-33)27-13-15-30(16-14-27)46-24-26-8-5-4-6-9-26/h4-17,22-23,33,36H,18-21,24H2,1-3H3,(H2,37,40). The summed E-state index contributed by atoms with van der Waals surface area (Å²) in [5, 5.41) is -0.959. The van der Waals surface area contributed by atoms with Crippen LogP contribution in [0.2, 0.25) is 0 Å². The Balaban J connectivity index is 1.34. The maximum atomic E-state index is 14.0. The number of primary amides is 1. The molecule has 0 aromatic heterocycles. The molecule has 0 bridgehead atoms. The van der Waals surface area contributed by atoms with Gasteiger partial charge in [0.2, 0.25) is 21.8 Å². The minimum absolute atomic E-state index is 0.156. The van der Waals surface area contributed by atoms with Gasteiger partial charge in [-0.15, -0.1) is 11.8 Å². The number of hydrogen-bond donors (Lipinski definition) is 1. The minimum atomic E-state index is -3.57. The number of hydrogen-bond acceptors (Lipinski definition) is 8. The Morgan fingerprint density at radius 1 is 0.875 bits per heavy atom. The van der Waals surface area contributed by atoms with E-state index in [-0.39, 0.29) is 24.6 Å². The topological polar surface area (TPSA) is 128 Å². The zero-order valence-electron chi connectivity index (χ0n) is 27.1. The zero-order valence-corrected chi connectivity index (χ0v) is 28.7. The van der Waals surface area contributed by atoms with E-state index in [0.717, 1.165) is 16.7 Å². The Kier molecular flexibility index (Phi) is 11.3. The molecule has 252 valence electrons. The van der Waals surface area contributed by atoms with Gasteiger partial charge in [-0.3, -0.25) is 14.5 Å². The molecule has 1 aliphatic heterocycles. The summed E-state index contributed by atoms with van der Waals surface area (Å²) in [4.78, 5) is 27.7. The fourth-order valence-electron chi connectivity index (χ4n) is 5.50. The molecule has 48 heavy (non-hydrogen) atoms. The van der Waals surface area contributed by atoms with Gasteiger partial charge in [-0.1, -0.05) is 54.6 Å². The maximum Gasteiger partial charge on any atom is 0.248 e. The quantitative estimate of drug-likeness (QED) is 0.175. The first-order chi connectivity index (χ1) is 23.1. The summed E-state index contributed by atoms with van der Waals surface area (Å²) in [5.74, 6) is 1.07. The van der Waals surface area contributed by atoms with Crippen LogP contribution < -0.4 is 24.8 Å². The molecule has 0 radical (unpaired) electrons. The van der Waals surface area contributed by atoms with E-state index in [9.17, 15) is 18.0 Å². The second-order valence-electron chi connectivity index (χ2n) is 11.3. The summed E-state index contributed by atoms with van der Waals surface area (Å²) in [6.45, 7) is 0.815. The predicted molar refractivity (Wildman–Crippen MR) is 188 cm³/mol. The highest BCUT2D eigenvalue weighted by molar-refractivity contribution is 8.01. The number of thioether (sulfide) groups is 1. The number of sulfonamides is 1. The van der Waals surface area contributed by atoms with Crippen molar-refractivity contribution in [3.05, 3.63) is 119 Å². The van der Waals surface area contributed by atoms with Crippen LogP contribution in [0.4, 0.5) is 5.69 Å². The molecule has 1 aliphatic rings. The van der Waals surface area contributed by atoms with Crippen LogP contribution >= 0.6 is 11.8 Å². The highest BCUT2D eigenvalue weighted by Crippen LogP contribution is 2.47. The van der Waals surface area contributed by atoms with Crippen LogP contribution in [-0.2, 0) is 27.8 Å². The zero-order chi connectivity index (χ0) is 34.3. The molecule has 0 spiro atoms. The third-order valence-corrected chi connectivity index (χ3v) is 10.9. The molecule has 5 rings (SSSR count). The first-order valence-corrected chi connectivity index (χ1v) is 18.2. The van der Waals surface area contributed by atoms with Crippen LogP contribution in [0.25, 0.3) is 0 Å². The fourth-order valence-corrected chi connectivity index (χ4v) is 7.80. The SMILES string of the molecule is COc1ccc(CCN(CCC2SC(c3ccc(OCc4ccccc4)cc3)N(c3cccc(C(N)=O)c3)C2=O)S(C)(=O)=O)cc1OC. The van der Waals surface area contributed by atoms with Crippen molar-refractivity contribution < 1.29 is 32.2 Å². The third-order valence-electron chi connectivity index (χ3n) is 8.07. The molecule has 12 heteroatoms. The molecule has 0 aliphatic carbocycles. The van der Waals surface area contributed by atoms with Gasteiger partial charge < -0.3 is 19.9 Å². The van der Waals surface area contributed by atoms with Gasteiger partial charge in [0.25, 0.3) is 0 Å². The molecule has 0 saturated carbocycles. The van der Waals surface area contributed by atoms with Crippen LogP contribution in [-0.4, -0.2) is 63.4 Å². The van der Waals surface area contributed by atoms with Gasteiger partial charge in [0.15, 0.2) is 11.5 Å². The van der Waals surface area contributed by atoms with Crippen molar-refractivity contribution in [1.82, 2.24) is 4.31 Å². The van der Waals surface area contributed by atoms with Crippen molar-refractivity contribution in [3.63, 3.8) is 0 Å². The number of methoxy groups -OCH3 is 2. The average molecular weight is 690 g/mol. The van der Waals surface area contributed by atoms with Crippen molar-refractivity contribution in [1.29, 1.82) is 0 Å². The summed E-state index contributed by atoms with van der Waals surface area (Å²) in [6.07, 6.45) is 1.92. The largest absolute Gasteiger partial charge is 0.493 e. The van der Waals surface area contributed by atoms with Crippen molar-refractivity contribution >= 4 is 39.3 Å². The molecular formula is C36H39N3O7S2. The number of benzene rings is 4. The first-order valence-electron chi connectivity index (χ1n) is 15.4. The molecule has 2 unspecified atom stereocenters. The predicted octanol–water partition coefficient (Wildman–Crippen LogP) is 5.42. The maximum absolute atomic E-state index is 14.0. The molecule has 2 amide bonds. The monoisotopic (exact) mass is 689 g/mol. The lowest BCUT2D eigenvalue weighted by atomic mass is 10.1. The van der Waals surface area contributed by atoms with Crippen LogP contribution in [0.3, 0.4) is 0 Å². The van der Waals surface area contributed by atoms with Crippen LogP contribution in [0, 0.1) is 0 Å². The van der Waals surface area contributed by atoms with E-state index in [1.54, 1.807) is 49.5 Å². The number of rotatable bonds is 15. The van der Waals surface area contributed by atoms with Crippen molar-refractivity contribution in [2.24, 2.45) is 5.73 Å². The lowest BCUT2D eigenvalue weighted by Crippen LogP contribution is -2.36. The normalized spacial score (nSPS) is 16.2. The number of carbonyl (C=O) groups excluding carboxylic acids is 2. The van der Waals surface area contributed by atoms with E-state index < -0.39 is 26.6 Å². The fraction of sp³-hybridized carbons (Fsp3) is 0.278. The Labute approximate surface area is 285 Å². The number of anilines is 1. The van der Waals surface area contributed by atoms with Gasteiger partial charge in [0, 0.05) is 24.3 Å². The lowest BCUT2D eigenvalue weighted by Gasteiger charge is -2.25. The molecule has 1 heterocycles. The number of nitrogens with two attached hydrogens (primary N) is 1. The van der Waals surface area contributed by atoms with E-state index in [1.165, 1.54) is 22.3 Å². The van der Waals surface area contributed by atoms with Crippen molar-refractivity contribution in [2.75, 3.05) is 38.5 Å². The van der Waals surface area contributed by atoms with E-state index in [0.29, 0.717) is 42.4 Å². The Bertz CT molecular complexity index is 1840. The smallest absolute Gasteiger partial charge is 0.248 e. The summed E-state index contributed by atoms with van der Waals surface area (Å²) in [7, 11) is -0.463. The third kappa shape index (κ3) is 8.49. The molecule has 1 fully saturated rings. The molecular weight excluding hydrogens is 651 g/mol. The molecule has 1 saturated heterocycles. The number of carbonyl (C=O) groups is 2. The number of ether oxygens (including phenoxy) is 3. The molecule has 2 N–H and O–H groups in total. The number of nitrogens with zero attached hydrogens (tertiary/aromatic N) is 2. The van der Waals surface area contributed by atoms with E-state index in [4.69, 9.17) is 19.9 Å². The average Bonchev–Trinajstić information content (AvgIpc) is 3.42. The van der Waals surface area contributed by atoms with Crippen LogP contribution in [0.1, 0.15) is 38.8 Å². The van der Waals surface area contributed by atoms with Gasteiger partial charge in [0.05, 0.1) is 25.7 Å². The van der Waals surface area contributed by atoms with Gasteiger partial charge in [-0.05, 0) is 72.0 Å². The van der Waals surface area contributed by atoms with Crippen LogP contribution in [0.5, 0.6) is 17.2 Å². The molecule has 10 nitrogen and oxygen atoms in total. The van der Waals surface area contributed by atoms with E-state index in [1.807, 2.05) is 66.7 Å². The molecule has 2 atom stereocenters. The lowest BCUT2D eigenvalue weighted by molar-refractivity contribution is -0.117. The van der Waals surface area contributed by atoms with E-state index in [2.05, 4.69) is 0 Å².